The first-order valence-electron chi connectivity index (χ1n) is 8.00. The number of methoxy groups -OCH3 is 2. The molecule has 5 heteroatoms. The van der Waals surface area contributed by atoms with Crippen molar-refractivity contribution < 1.29 is 9.47 Å². The summed E-state index contributed by atoms with van der Waals surface area (Å²) in [6.45, 7) is 4.04. The third-order valence-electron chi connectivity index (χ3n) is 3.90. The van der Waals surface area contributed by atoms with Gasteiger partial charge in [-0.1, -0.05) is 11.6 Å². The van der Waals surface area contributed by atoms with Gasteiger partial charge in [0.1, 0.15) is 0 Å². The fourth-order valence-electron chi connectivity index (χ4n) is 2.67. The Morgan fingerprint density at radius 2 is 1.76 bits per heavy atom. The lowest BCUT2D eigenvalue weighted by molar-refractivity contribution is 0.355. The Kier molecular flexibility index (Phi) is 4.84. The van der Waals surface area contributed by atoms with Crippen LogP contribution in [-0.4, -0.2) is 25.4 Å². The van der Waals surface area contributed by atoms with Gasteiger partial charge in [-0.2, -0.15) is 5.10 Å². The molecule has 0 fully saturated rings. The highest BCUT2D eigenvalue weighted by Crippen LogP contribution is 2.27. The van der Waals surface area contributed by atoms with Gasteiger partial charge < -0.3 is 9.47 Å². The van der Waals surface area contributed by atoms with Crippen molar-refractivity contribution >= 4 is 22.8 Å². The van der Waals surface area contributed by atoms with Crippen LogP contribution in [0.2, 0.25) is 0 Å². The molecule has 0 saturated heterocycles. The van der Waals surface area contributed by atoms with Gasteiger partial charge in [-0.05, 0) is 55.8 Å². The van der Waals surface area contributed by atoms with Crippen LogP contribution in [0, 0.1) is 13.8 Å². The lowest BCUT2D eigenvalue weighted by atomic mass is 10.1. The van der Waals surface area contributed by atoms with Gasteiger partial charge in [0.15, 0.2) is 11.5 Å². The summed E-state index contributed by atoms with van der Waals surface area (Å²) in [6, 6.07) is 13.8. The number of pyridine rings is 1. The highest BCUT2D eigenvalue weighted by Gasteiger charge is 2.05. The molecule has 3 rings (SSSR count). The normalized spacial score (nSPS) is 11.0. The van der Waals surface area contributed by atoms with E-state index in [4.69, 9.17) is 9.47 Å². The van der Waals surface area contributed by atoms with Gasteiger partial charge in [0.05, 0.1) is 31.6 Å². The van der Waals surface area contributed by atoms with E-state index in [1.165, 1.54) is 5.56 Å². The van der Waals surface area contributed by atoms with E-state index in [0.717, 1.165) is 27.8 Å². The van der Waals surface area contributed by atoms with Crippen LogP contribution in [0.15, 0.2) is 47.6 Å². The minimum absolute atomic E-state index is 0.673. The van der Waals surface area contributed by atoms with Crippen LogP contribution in [-0.2, 0) is 0 Å². The third kappa shape index (κ3) is 3.71. The van der Waals surface area contributed by atoms with Gasteiger partial charge >= 0.3 is 0 Å². The topological polar surface area (TPSA) is 55.7 Å². The van der Waals surface area contributed by atoms with Crippen LogP contribution in [0.3, 0.4) is 0 Å². The first-order valence-corrected chi connectivity index (χ1v) is 8.00. The fraction of sp³-hybridized carbons (Fsp3) is 0.200. The number of hydrogen-bond acceptors (Lipinski definition) is 5. The van der Waals surface area contributed by atoms with E-state index in [-0.39, 0.29) is 0 Å². The van der Waals surface area contributed by atoms with Crippen molar-refractivity contribution in [1.29, 1.82) is 0 Å². The van der Waals surface area contributed by atoms with Crippen LogP contribution >= 0.6 is 0 Å². The highest BCUT2D eigenvalue weighted by molar-refractivity contribution is 5.92. The minimum atomic E-state index is 0.673. The first-order chi connectivity index (χ1) is 12.1. The van der Waals surface area contributed by atoms with Crippen LogP contribution in [0.25, 0.3) is 10.9 Å². The molecule has 5 nitrogen and oxygen atoms in total. The number of rotatable bonds is 5. The third-order valence-corrected chi connectivity index (χ3v) is 3.90. The van der Waals surface area contributed by atoms with E-state index < -0.39 is 0 Å². The van der Waals surface area contributed by atoms with Gasteiger partial charge in [-0.3, -0.25) is 10.4 Å². The van der Waals surface area contributed by atoms with Gasteiger partial charge in [0, 0.05) is 11.1 Å². The Balaban J connectivity index is 1.87. The van der Waals surface area contributed by atoms with E-state index in [2.05, 4.69) is 34.6 Å². The molecule has 0 unspecified atom stereocenters. The zero-order valence-corrected chi connectivity index (χ0v) is 14.8. The summed E-state index contributed by atoms with van der Waals surface area (Å²) in [6.07, 6.45) is 1.75. The van der Waals surface area contributed by atoms with Crippen molar-refractivity contribution in [2.45, 2.75) is 13.8 Å². The Hall–Kier alpha value is -3.08. The van der Waals surface area contributed by atoms with E-state index in [9.17, 15) is 0 Å². The molecule has 1 heterocycles. The number of anilines is 1. The number of hydrogen-bond donors (Lipinski definition) is 1. The summed E-state index contributed by atoms with van der Waals surface area (Å²) < 4.78 is 10.6. The molecule has 0 aliphatic heterocycles. The molecule has 1 N–H and O–H groups in total. The Labute approximate surface area is 147 Å². The van der Waals surface area contributed by atoms with Crippen molar-refractivity contribution in [3.63, 3.8) is 0 Å². The molecular weight excluding hydrogens is 314 g/mol. The number of fused-ring (bicyclic) bond motifs is 1. The Morgan fingerprint density at radius 3 is 2.52 bits per heavy atom. The number of ether oxygens (including phenoxy) is 2. The van der Waals surface area contributed by atoms with Crippen LogP contribution in [0.1, 0.15) is 16.8 Å². The van der Waals surface area contributed by atoms with Crippen LogP contribution < -0.4 is 14.9 Å². The molecule has 0 spiro atoms. The number of nitrogens with one attached hydrogen (secondary N) is 1. The molecule has 0 aliphatic rings. The van der Waals surface area contributed by atoms with Crippen LogP contribution in [0.5, 0.6) is 11.5 Å². The zero-order chi connectivity index (χ0) is 17.8. The maximum absolute atomic E-state index is 5.31. The van der Waals surface area contributed by atoms with E-state index in [0.29, 0.717) is 11.5 Å². The summed E-state index contributed by atoms with van der Waals surface area (Å²) in [7, 11) is 3.23. The van der Waals surface area contributed by atoms with Crippen molar-refractivity contribution in [1.82, 2.24) is 4.98 Å². The van der Waals surface area contributed by atoms with Crippen LogP contribution in [0.4, 0.5) is 5.69 Å². The Morgan fingerprint density at radius 1 is 0.960 bits per heavy atom. The second-order valence-corrected chi connectivity index (χ2v) is 5.82. The van der Waals surface area contributed by atoms with Gasteiger partial charge in [0.25, 0.3) is 0 Å². The number of hydrazone groups is 1. The minimum Gasteiger partial charge on any atom is -0.493 e. The molecule has 1 aromatic heterocycles. The van der Waals surface area contributed by atoms with Gasteiger partial charge in [0.2, 0.25) is 0 Å². The summed E-state index contributed by atoms with van der Waals surface area (Å²) in [4.78, 5) is 4.56. The van der Waals surface area contributed by atoms with Crippen molar-refractivity contribution in [2.24, 2.45) is 5.10 Å². The molecule has 25 heavy (non-hydrogen) atoms. The average molecular weight is 335 g/mol. The van der Waals surface area contributed by atoms with E-state index in [1.807, 2.05) is 37.3 Å². The number of aromatic nitrogens is 1. The van der Waals surface area contributed by atoms with Crippen molar-refractivity contribution in [3.05, 3.63) is 59.3 Å². The number of aryl methyl sites for hydroxylation is 2. The number of nitrogens with zero attached hydrogens (tertiary/aromatic N) is 2. The second-order valence-electron chi connectivity index (χ2n) is 5.82. The summed E-state index contributed by atoms with van der Waals surface area (Å²) in [5, 5.41) is 5.42. The lowest BCUT2D eigenvalue weighted by Gasteiger charge is -2.09. The lowest BCUT2D eigenvalue weighted by Crippen LogP contribution is -1.96. The monoisotopic (exact) mass is 335 g/mol. The molecule has 0 atom stereocenters. The average Bonchev–Trinajstić information content (AvgIpc) is 2.62. The fourth-order valence-corrected chi connectivity index (χ4v) is 2.67. The van der Waals surface area contributed by atoms with Gasteiger partial charge in [-0.15, -0.1) is 0 Å². The highest BCUT2D eigenvalue weighted by atomic mass is 16.5. The largest absolute Gasteiger partial charge is 0.493 e. The summed E-state index contributed by atoms with van der Waals surface area (Å²) >= 11 is 0. The molecule has 0 aliphatic carbocycles. The number of benzene rings is 2. The smallest absolute Gasteiger partial charge is 0.161 e. The molecule has 2 aromatic carbocycles. The van der Waals surface area contributed by atoms with Crippen molar-refractivity contribution in [2.75, 3.05) is 19.6 Å². The quantitative estimate of drug-likeness (QED) is 0.557. The molecule has 0 radical (unpaired) electrons. The summed E-state index contributed by atoms with van der Waals surface area (Å²) in [5.41, 5.74) is 8.06. The van der Waals surface area contributed by atoms with E-state index in [1.54, 1.807) is 20.4 Å². The van der Waals surface area contributed by atoms with Crippen molar-refractivity contribution in [3.8, 4) is 11.5 Å². The SMILES string of the molecule is COc1ccc(C=NNc2cc(C)nc3ccc(C)cc23)cc1OC. The van der Waals surface area contributed by atoms with E-state index >= 15 is 0 Å². The molecular formula is C20H21N3O2. The standard InChI is InChI=1S/C20H21N3O2/c1-13-5-7-17-16(9-13)18(10-14(2)22-17)23-21-12-15-6-8-19(24-3)20(11-15)25-4/h5-12H,1-4H3,(H,22,23). The Bertz CT molecular complexity index is 936. The zero-order valence-electron chi connectivity index (χ0n) is 14.8. The maximum Gasteiger partial charge on any atom is 0.161 e. The first kappa shape index (κ1) is 16.8. The molecule has 128 valence electrons. The molecule has 0 amide bonds. The molecule has 3 aromatic rings. The predicted molar refractivity (Wildman–Crippen MR) is 102 cm³/mol. The second kappa shape index (κ2) is 7.21. The maximum atomic E-state index is 5.31. The van der Waals surface area contributed by atoms with Gasteiger partial charge in [-0.25, -0.2) is 0 Å². The molecule has 0 saturated carbocycles. The summed E-state index contributed by atoms with van der Waals surface area (Å²) in [5.74, 6) is 1.37. The predicted octanol–water partition coefficient (Wildman–Crippen LogP) is 4.31. The molecule has 0 bridgehead atoms.